The summed E-state index contributed by atoms with van der Waals surface area (Å²) >= 11 is 0. The summed E-state index contributed by atoms with van der Waals surface area (Å²) in [7, 11) is -3.50. The van der Waals surface area contributed by atoms with Crippen LogP contribution in [0.2, 0.25) is 0 Å². The second-order valence-electron chi connectivity index (χ2n) is 6.07. The molecule has 1 aromatic carbocycles. The maximum atomic E-state index is 14.4. The lowest BCUT2D eigenvalue weighted by Crippen LogP contribution is -2.46. The van der Waals surface area contributed by atoms with Crippen LogP contribution in [-0.2, 0) is 10.0 Å². The summed E-state index contributed by atoms with van der Waals surface area (Å²) in [6.07, 6.45) is 1.47. The molecule has 0 spiro atoms. The van der Waals surface area contributed by atoms with Gasteiger partial charge in [-0.25, -0.2) is 13.1 Å². The van der Waals surface area contributed by atoms with Crippen molar-refractivity contribution in [2.24, 2.45) is 0 Å². The van der Waals surface area contributed by atoms with Gasteiger partial charge in [0.05, 0.1) is 16.7 Å². The molecule has 6 nitrogen and oxygen atoms in total. The molecule has 8 heteroatoms. The highest BCUT2D eigenvalue weighted by molar-refractivity contribution is 7.89. The molecule has 1 aromatic heterocycles. The summed E-state index contributed by atoms with van der Waals surface area (Å²) in [5.74, 6) is -0.414. The van der Waals surface area contributed by atoms with Gasteiger partial charge in [0.1, 0.15) is 0 Å². The number of nitrogens with zero attached hydrogens (tertiary/aromatic N) is 3. The molecule has 1 N–H and O–H groups in total. The zero-order chi connectivity index (χ0) is 17.3. The Morgan fingerprint density at radius 1 is 1.17 bits per heavy atom. The van der Waals surface area contributed by atoms with E-state index in [0.717, 1.165) is 0 Å². The van der Waals surface area contributed by atoms with Crippen LogP contribution in [0.3, 0.4) is 0 Å². The first-order valence-corrected chi connectivity index (χ1v) is 9.39. The second kappa shape index (κ2) is 6.62. The molecule has 0 atom stereocenters. The second-order valence-corrected chi connectivity index (χ2v) is 8.00. The van der Waals surface area contributed by atoms with E-state index in [2.05, 4.69) is 10.4 Å². The average molecular weight is 352 g/mol. The Balaban J connectivity index is 1.88. The van der Waals surface area contributed by atoms with Gasteiger partial charge in [0.15, 0.2) is 0 Å². The molecule has 0 saturated carbocycles. The first-order chi connectivity index (χ1) is 11.4. The van der Waals surface area contributed by atoms with Crippen LogP contribution in [0.15, 0.2) is 35.4 Å². The number of rotatable bonds is 4. The van der Waals surface area contributed by atoms with E-state index >= 15 is 0 Å². The van der Waals surface area contributed by atoms with Crippen LogP contribution in [0.25, 0.3) is 11.1 Å². The molecule has 1 saturated heterocycles. The monoisotopic (exact) mass is 352 g/mol. The van der Waals surface area contributed by atoms with Gasteiger partial charge in [0.25, 0.3) is 0 Å². The molecule has 0 unspecified atom stereocenters. The van der Waals surface area contributed by atoms with Gasteiger partial charge in [0, 0.05) is 32.2 Å². The van der Waals surface area contributed by atoms with Gasteiger partial charge in [-0.15, -0.1) is 0 Å². The van der Waals surface area contributed by atoms with Gasteiger partial charge < -0.3 is 5.32 Å². The molecule has 0 bridgehead atoms. The predicted molar refractivity (Wildman–Crippen MR) is 89.6 cm³/mol. The van der Waals surface area contributed by atoms with E-state index in [-0.39, 0.29) is 10.9 Å². The quantitative estimate of drug-likeness (QED) is 0.912. The van der Waals surface area contributed by atoms with Gasteiger partial charge >= 0.3 is 0 Å². The minimum Gasteiger partial charge on any atom is -0.314 e. The Morgan fingerprint density at radius 3 is 2.33 bits per heavy atom. The highest BCUT2D eigenvalue weighted by Crippen LogP contribution is 2.26. The van der Waals surface area contributed by atoms with E-state index in [1.165, 1.54) is 27.3 Å². The van der Waals surface area contributed by atoms with Crippen LogP contribution in [0.1, 0.15) is 19.9 Å². The number of piperazine rings is 1. The highest BCUT2D eigenvalue weighted by atomic mass is 32.2. The van der Waals surface area contributed by atoms with Crippen molar-refractivity contribution in [3.05, 3.63) is 36.4 Å². The fraction of sp³-hybridized carbons (Fsp3) is 0.438. The minimum absolute atomic E-state index is 0.0777. The van der Waals surface area contributed by atoms with E-state index in [9.17, 15) is 12.8 Å². The van der Waals surface area contributed by atoms with E-state index in [0.29, 0.717) is 37.3 Å². The zero-order valence-corrected chi connectivity index (χ0v) is 14.6. The number of benzene rings is 1. The van der Waals surface area contributed by atoms with Crippen LogP contribution >= 0.6 is 0 Å². The summed E-state index contributed by atoms with van der Waals surface area (Å²) in [6.45, 7) is 5.92. The van der Waals surface area contributed by atoms with E-state index in [1.54, 1.807) is 12.1 Å². The van der Waals surface area contributed by atoms with Crippen molar-refractivity contribution in [1.82, 2.24) is 19.4 Å². The smallest absolute Gasteiger partial charge is 0.243 e. The molecule has 24 heavy (non-hydrogen) atoms. The Bertz CT molecular complexity index is 809. The van der Waals surface area contributed by atoms with Crippen molar-refractivity contribution in [3.63, 3.8) is 0 Å². The van der Waals surface area contributed by atoms with Crippen molar-refractivity contribution in [3.8, 4) is 11.1 Å². The summed E-state index contributed by atoms with van der Waals surface area (Å²) in [5, 5.41) is 7.17. The fourth-order valence-electron chi connectivity index (χ4n) is 2.74. The third-order valence-electron chi connectivity index (χ3n) is 4.10. The highest BCUT2D eigenvalue weighted by Gasteiger charge is 2.26. The van der Waals surface area contributed by atoms with Crippen LogP contribution < -0.4 is 5.32 Å². The summed E-state index contributed by atoms with van der Waals surface area (Å²) in [5.41, 5.74) is 0.980. The first kappa shape index (κ1) is 17.1. The Kier molecular flexibility index (Phi) is 4.71. The molecule has 1 aliphatic heterocycles. The molecule has 130 valence electrons. The van der Waals surface area contributed by atoms with Gasteiger partial charge in [-0.3, -0.25) is 0 Å². The Labute approximate surface area is 141 Å². The molecule has 2 aromatic rings. The largest absolute Gasteiger partial charge is 0.314 e. The molecule has 0 amide bonds. The standard InChI is InChI=1S/C16H21FN4O2S/c1-12(2)21-16(17)15(11-19-21)13-3-5-14(6-4-13)24(22,23)20-9-7-18-8-10-20/h3-6,11-12,18H,7-10H2,1-2H3. The minimum atomic E-state index is -3.50. The van der Waals surface area contributed by atoms with Crippen molar-refractivity contribution in [1.29, 1.82) is 0 Å². The number of halogens is 1. The predicted octanol–water partition coefficient (Wildman–Crippen LogP) is 1.86. The molecule has 2 heterocycles. The van der Waals surface area contributed by atoms with Gasteiger partial charge in [-0.1, -0.05) is 12.1 Å². The molecular formula is C16H21FN4O2S. The number of hydrogen-bond acceptors (Lipinski definition) is 4. The molecular weight excluding hydrogens is 331 g/mol. The van der Waals surface area contributed by atoms with Crippen LogP contribution in [-0.4, -0.2) is 48.7 Å². The van der Waals surface area contributed by atoms with Crippen molar-refractivity contribution < 1.29 is 12.8 Å². The van der Waals surface area contributed by atoms with Crippen LogP contribution in [0.5, 0.6) is 0 Å². The third-order valence-corrected chi connectivity index (χ3v) is 6.02. The molecule has 1 aliphatic rings. The number of sulfonamides is 1. The fourth-order valence-corrected chi connectivity index (χ4v) is 4.18. The van der Waals surface area contributed by atoms with Crippen molar-refractivity contribution >= 4 is 10.0 Å². The Morgan fingerprint density at radius 2 is 1.79 bits per heavy atom. The lowest BCUT2D eigenvalue weighted by molar-refractivity contribution is 0.360. The van der Waals surface area contributed by atoms with E-state index in [4.69, 9.17) is 0 Å². The lowest BCUT2D eigenvalue weighted by Gasteiger charge is -2.26. The van der Waals surface area contributed by atoms with Crippen LogP contribution in [0.4, 0.5) is 4.39 Å². The number of aromatic nitrogens is 2. The summed E-state index contributed by atoms with van der Waals surface area (Å²) < 4.78 is 42.3. The van der Waals surface area contributed by atoms with E-state index < -0.39 is 16.0 Å². The maximum absolute atomic E-state index is 14.4. The van der Waals surface area contributed by atoms with Crippen molar-refractivity contribution in [2.75, 3.05) is 26.2 Å². The molecule has 3 rings (SSSR count). The molecule has 1 fully saturated rings. The topological polar surface area (TPSA) is 67.2 Å². The third kappa shape index (κ3) is 3.09. The Hall–Kier alpha value is -1.77. The molecule has 0 radical (unpaired) electrons. The maximum Gasteiger partial charge on any atom is 0.243 e. The van der Waals surface area contributed by atoms with Crippen molar-refractivity contribution in [2.45, 2.75) is 24.8 Å². The molecule has 0 aliphatic carbocycles. The summed E-state index contributed by atoms with van der Waals surface area (Å²) in [6, 6.07) is 6.23. The lowest BCUT2D eigenvalue weighted by atomic mass is 10.1. The van der Waals surface area contributed by atoms with Gasteiger partial charge in [0.2, 0.25) is 16.0 Å². The van der Waals surface area contributed by atoms with Gasteiger partial charge in [-0.2, -0.15) is 13.8 Å². The van der Waals surface area contributed by atoms with Gasteiger partial charge in [-0.05, 0) is 31.5 Å². The summed E-state index contributed by atoms with van der Waals surface area (Å²) in [4.78, 5) is 0.227. The normalized spacial score (nSPS) is 16.7. The average Bonchev–Trinajstić information content (AvgIpc) is 2.97. The van der Waals surface area contributed by atoms with Crippen LogP contribution in [0, 0.1) is 5.95 Å². The SMILES string of the molecule is CC(C)n1ncc(-c2ccc(S(=O)(=O)N3CCNCC3)cc2)c1F. The first-order valence-electron chi connectivity index (χ1n) is 7.95. The number of nitrogens with one attached hydrogen (secondary N) is 1. The number of hydrogen-bond donors (Lipinski definition) is 1. The van der Waals surface area contributed by atoms with E-state index in [1.807, 2.05) is 13.8 Å². The zero-order valence-electron chi connectivity index (χ0n) is 13.7.